The molecule has 90 valence electrons. The van der Waals surface area contributed by atoms with Crippen molar-refractivity contribution in [3.63, 3.8) is 0 Å². The standard InChI is InChI=1S/C12H18O4/c13-9-4-3-8-2-1-5-12(14,10(8)9)11-15-6-7-16-11/h1-2,8-11,13-14H,3-7H2/t8-,9-,10+,12+/m1/s1. The van der Waals surface area contributed by atoms with E-state index >= 15 is 0 Å². The molecule has 3 aliphatic rings. The summed E-state index contributed by atoms with van der Waals surface area (Å²) in [6.45, 7) is 1.06. The summed E-state index contributed by atoms with van der Waals surface area (Å²) in [6.07, 6.45) is 5.31. The molecule has 0 unspecified atom stereocenters. The molecule has 0 spiro atoms. The van der Waals surface area contributed by atoms with Gasteiger partial charge in [-0.2, -0.15) is 0 Å². The zero-order chi connectivity index (χ0) is 11.2. The number of allylic oxidation sites excluding steroid dienone is 1. The van der Waals surface area contributed by atoms with Crippen molar-refractivity contribution in [2.75, 3.05) is 13.2 Å². The Morgan fingerprint density at radius 1 is 1.19 bits per heavy atom. The molecule has 3 rings (SSSR count). The lowest BCUT2D eigenvalue weighted by Gasteiger charge is -2.42. The normalized spacial score (nSPS) is 48.5. The van der Waals surface area contributed by atoms with E-state index < -0.39 is 18.0 Å². The van der Waals surface area contributed by atoms with Crippen molar-refractivity contribution in [2.24, 2.45) is 11.8 Å². The van der Waals surface area contributed by atoms with Gasteiger partial charge < -0.3 is 19.7 Å². The molecule has 0 aromatic carbocycles. The second kappa shape index (κ2) is 3.81. The largest absolute Gasteiger partial charge is 0.393 e. The van der Waals surface area contributed by atoms with Gasteiger partial charge in [-0.05, 0) is 25.2 Å². The highest BCUT2D eigenvalue weighted by atomic mass is 16.7. The van der Waals surface area contributed by atoms with E-state index in [2.05, 4.69) is 6.08 Å². The predicted molar refractivity (Wildman–Crippen MR) is 56.6 cm³/mol. The number of fused-ring (bicyclic) bond motifs is 1. The van der Waals surface area contributed by atoms with Gasteiger partial charge in [0.1, 0.15) is 5.60 Å². The lowest BCUT2D eigenvalue weighted by Crippen LogP contribution is -2.54. The van der Waals surface area contributed by atoms with Crippen LogP contribution in [0.3, 0.4) is 0 Å². The van der Waals surface area contributed by atoms with Crippen LogP contribution < -0.4 is 0 Å². The van der Waals surface area contributed by atoms with E-state index in [1.165, 1.54) is 0 Å². The Morgan fingerprint density at radius 3 is 2.69 bits per heavy atom. The number of aliphatic hydroxyl groups excluding tert-OH is 1. The number of aliphatic hydroxyl groups is 2. The Morgan fingerprint density at radius 2 is 1.94 bits per heavy atom. The maximum Gasteiger partial charge on any atom is 0.187 e. The first-order chi connectivity index (χ1) is 7.72. The van der Waals surface area contributed by atoms with Gasteiger partial charge in [0.25, 0.3) is 0 Å². The van der Waals surface area contributed by atoms with E-state index in [1.807, 2.05) is 6.08 Å². The van der Waals surface area contributed by atoms with Gasteiger partial charge in [0.2, 0.25) is 0 Å². The van der Waals surface area contributed by atoms with Crippen LogP contribution in [0.25, 0.3) is 0 Å². The maximum atomic E-state index is 10.8. The lowest BCUT2D eigenvalue weighted by atomic mass is 9.73. The number of hydrogen-bond acceptors (Lipinski definition) is 4. The van der Waals surface area contributed by atoms with Crippen LogP contribution in [0, 0.1) is 11.8 Å². The molecule has 0 bridgehead atoms. The second-order valence-electron chi connectivity index (χ2n) is 5.03. The monoisotopic (exact) mass is 226 g/mol. The zero-order valence-electron chi connectivity index (χ0n) is 9.21. The Labute approximate surface area is 94.9 Å². The van der Waals surface area contributed by atoms with Crippen molar-refractivity contribution in [3.05, 3.63) is 12.2 Å². The van der Waals surface area contributed by atoms with E-state index in [9.17, 15) is 10.2 Å². The van der Waals surface area contributed by atoms with Gasteiger partial charge in [-0.15, -0.1) is 0 Å². The molecule has 1 heterocycles. The fraction of sp³-hybridized carbons (Fsp3) is 0.833. The van der Waals surface area contributed by atoms with Crippen LogP contribution in [-0.2, 0) is 9.47 Å². The molecule has 1 saturated heterocycles. The van der Waals surface area contributed by atoms with Crippen LogP contribution in [0.15, 0.2) is 12.2 Å². The van der Waals surface area contributed by atoms with Crippen molar-refractivity contribution < 1.29 is 19.7 Å². The third-order valence-electron chi connectivity index (χ3n) is 4.11. The Bertz CT molecular complexity index is 297. The van der Waals surface area contributed by atoms with Crippen molar-refractivity contribution in [2.45, 2.75) is 37.3 Å². The summed E-state index contributed by atoms with van der Waals surface area (Å²) in [5, 5.41) is 20.8. The summed E-state index contributed by atoms with van der Waals surface area (Å²) in [5.74, 6) is 0.127. The van der Waals surface area contributed by atoms with Gasteiger partial charge in [0, 0.05) is 5.92 Å². The molecular weight excluding hydrogens is 208 g/mol. The first kappa shape index (κ1) is 10.7. The Hall–Kier alpha value is -0.420. The highest BCUT2D eigenvalue weighted by molar-refractivity contribution is 5.13. The van der Waals surface area contributed by atoms with Gasteiger partial charge in [0.05, 0.1) is 19.3 Å². The van der Waals surface area contributed by atoms with Crippen LogP contribution in [0.1, 0.15) is 19.3 Å². The topological polar surface area (TPSA) is 58.9 Å². The molecule has 4 atom stereocenters. The summed E-state index contributed by atoms with van der Waals surface area (Å²) in [7, 11) is 0. The highest BCUT2D eigenvalue weighted by Gasteiger charge is 2.55. The minimum Gasteiger partial charge on any atom is -0.393 e. The molecule has 1 aliphatic heterocycles. The Balaban J connectivity index is 1.90. The first-order valence-corrected chi connectivity index (χ1v) is 6.02. The number of ether oxygens (including phenoxy) is 2. The molecular formula is C12H18O4. The van der Waals surface area contributed by atoms with Gasteiger partial charge in [0.15, 0.2) is 6.29 Å². The van der Waals surface area contributed by atoms with Crippen LogP contribution in [0.2, 0.25) is 0 Å². The molecule has 0 radical (unpaired) electrons. The molecule has 2 N–H and O–H groups in total. The van der Waals surface area contributed by atoms with Crippen molar-refractivity contribution in [3.8, 4) is 0 Å². The summed E-state index contributed by atoms with van der Waals surface area (Å²) in [6, 6.07) is 0. The molecule has 16 heavy (non-hydrogen) atoms. The van der Waals surface area contributed by atoms with E-state index in [0.29, 0.717) is 19.6 Å². The lowest BCUT2D eigenvalue weighted by molar-refractivity contribution is -0.220. The summed E-state index contributed by atoms with van der Waals surface area (Å²) in [5.41, 5.74) is -1.05. The van der Waals surface area contributed by atoms with Crippen LogP contribution in [0.5, 0.6) is 0 Å². The third kappa shape index (κ3) is 1.44. The van der Waals surface area contributed by atoms with E-state index in [1.54, 1.807) is 0 Å². The van der Waals surface area contributed by atoms with Gasteiger partial charge in [-0.1, -0.05) is 12.2 Å². The predicted octanol–water partition coefficient (Wildman–Crippen LogP) is 0.437. The SMILES string of the molecule is O[C@@H]1CC[C@H]2C=CC[C@@](O)(C3OCCO3)[C@H]12. The average molecular weight is 226 g/mol. The number of hydrogen-bond donors (Lipinski definition) is 2. The Kier molecular flexibility index (Phi) is 2.55. The van der Waals surface area contributed by atoms with Crippen molar-refractivity contribution in [1.29, 1.82) is 0 Å². The van der Waals surface area contributed by atoms with Crippen molar-refractivity contribution in [1.82, 2.24) is 0 Å². The molecule has 2 aliphatic carbocycles. The molecule has 0 aromatic rings. The first-order valence-electron chi connectivity index (χ1n) is 6.02. The third-order valence-corrected chi connectivity index (χ3v) is 4.11. The second-order valence-corrected chi connectivity index (χ2v) is 5.03. The summed E-state index contributed by atoms with van der Waals surface area (Å²) in [4.78, 5) is 0. The minimum absolute atomic E-state index is 0.138. The maximum absolute atomic E-state index is 10.8. The molecule has 0 aromatic heterocycles. The smallest absolute Gasteiger partial charge is 0.187 e. The quantitative estimate of drug-likeness (QED) is 0.637. The molecule has 4 heteroatoms. The van der Waals surface area contributed by atoms with Crippen LogP contribution in [0.4, 0.5) is 0 Å². The van der Waals surface area contributed by atoms with E-state index in [-0.39, 0.29) is 11.8 Å². The van der Waals surface area contributed by atoms with Crippen molar-refractivity contribution >= 4 is 0 Å². The van der Waals surface area contributed by atoms with E-state index in [0.717, 1.165) is 12.8 Å². The van der Waals surface area contributed by atoms with E-state index in [4.69, 9.17) is 9.47 Å². The summed E-state index contributed by atoms with van der Waals surface area (Å²) < 4.78 is 10.9. The van der Waals surface area contributed by atoms with Crippen LogP contribution >= 0.6 is 0 Å². The van der Waals surface area contributed by atoms with Crippen LogP contribution in [-0.4, -0.2) is 41.4 Å². The molecule has 4 nitrogen and oxygen atoms in total. The van der Waals surface area contributed by atoms with Gasteiger partial charge in [-0.25, -0.2) is 0 Å². The molecule has 1 saturated carbocycles. The fourth-order valence-electron chi connectivity index (χ4n) is 3.40. The molecule has 2 fully saturated rings. The van der Waals surface area contributed by atoms with Gasteiger partial charge >= 0.3 is 0 Å². The highest BCUT2D eigenvalue weighted by Crippen LogP contribution is 2.47. The fourth-order valence-corrected chi connectivity index (χ4v) is 3.40. The minimum atomic E-state index is -1.05. The summed E-state index contributed by atoms with van der Waals surface area (Å²) >= 11 is 0. The molecule has 0 amide bonds. The average Bonchev–Trinajstić information content (AvgIpc) is 2.88. The zero-order valence-corrected chi connectivity index (χ0v) is 9.21. The number of rotatable bonds is 1. The van der Waals surface area contributed by atoms with Gasteiger partial charge in [-0.3, -0.25) is 0 Å².